The molecule has 1 atom stereocenters. The Morgan fingerprint density at radius 3 is 2.53 bits per heavy atom. The second-order valence-electron chi connectivity index (χ2n) is 3.55. The molecule has 1 unspecified atom stereocenters. The van der Waals surface area contributed by atoms with Gasteiger partial charge in [0.25, 0.3) is 0 Å². The maximum atomic E-state index is 11.6. The predicted octanol–water partition coefficient (Wildman–Crippen LogP) is 3.32. The number of carbonyl (C=O) groups excluding carboxylic acids is 1. The van der Waals surface area contributed by atoms with E-state index in [1.54, 1.807) is 24.3 Å². The molecule has 2 nitrogen and oxygen atoms in total. The second kappa shape index (κ2) is 5.81. The van der Waals surface area contributed by atoms with Crippen LogP contribution >= 0.6 is 12.6 Å². The Balaban J connectivity index is 2.57. The lowest BCUT2D eigenvalue weighted by Gasteiger charge is -2.11. The molecule has 0 radical (unpaired) electrons. The summed E-state index contributed by atoms with van der Waals surface area (Å²) >= 11 is 4.15. The van der Waals surface area contributed by atoms with E-state index in [-0.39, 0.29) is 12.1 Å². The van der Waals surface area contributed by atoms with Gasteiger partial charge in [-0.15, -0.1) is 12.6 Å². The fraction of sp³-hybridized carbons (Fsp3) is 0.417. The average Bonchev–Trinajstić information content (AvgIpc) is 2.18. The summed E-state index contributed by atoms with van der Waals surface area (Å²) in [4.78, 5) is 12.4. The number of ether oxygens (including phenoxy) is 1. The van der Waals surface area contributed by atoms with Gasteiger partial charge in [0, 0.05) is 4.90 Å². The van der Waals surface area contributed by atoms with Crippen molar-refractivity contribution < 1.29 is 9.53 Å². The van der Waals surface area contributed by atoms with E-state index < -0.39 is 0 Å². The van der Waals surface area contributed by atoms with Gasteiger partial charge in [-0.1, -0.05) is 13.3 Å². The molecule has 82 valence electrons. The summed E-state index contributed by atoms with van der Waals surface area (Å²) in [5.41, 5.74) is 0.579. The molecule has 0 aliphatic heterocycles. The summed E-state index contributed by atoms with van der Waals surface area (Å²) in [6.07, 6.45) is 1.90. The lowest BCUT2D eigenvalue weighted by Crippen LogP contribution is -2.14. The van der Waals surface area contributed by atoms with E-state index in [4.69, 9.17) is 4.74 Å². The van der Waals surface area contributed by atoms with Gasteiger partial charge in [-0.05, 0) is 37.6 Å². The van der Waals surface area contributed by atoms with Crippen molar-refractivity contribution in [3.8, 4) is 0 Å². The van der Waals surface area contributed by atoms with Gasteiger partial charge in [0.15, 0.2) is 0 Å². The Kier molecular flexibility index (Phi) is 4.69. The number of esters is 1. The van der Waals surface area contributed by atoms with Crippen molar-refractivity contribution in [1.29, 1.82) is 0 Å². The summed E-state index contributed by atoms with van der Waals surface area (Å²) < 4.78 is 5.25. The highest BCUT2D eigenvalue weighted by atomic mass is 32.1. The minimum absolute atomic E-state index is 0.0156. The molecule has 1 rings (SSSR count). The van der Waals surface area contributed by atoms with E-state index in [1.165, 1.54) is 0 Å². The number of hydrogen-bond donors (Lipinski definition) is 1. The Labute approximate surface area is 96.1 Å². The highest BCUT2D eigenvalue weighted by molar-refractivity contribution is 7.80. The molecule has 0 saturated heterocycles. The van der Waals surface area contributed by atoms with Crippen LogP contribution in [0.5, 0.6) is 0 Å². The fourth-order valence-corrected chi connectivity index (χ4v) is 1.46. The maximum absolute atomic E-state index is 11.6. The number of benzene rings is 1. The average molecular weight is 224 g/mol. The van der Waals surface area contributed by atoms with Crippen molar-refractivity contribution in [2.24, 2.45) is 0 Å². The van der Waals surface area contributed by atoms with Crippen LogP contribution in [0, 0.1) is 0 Å². The third-order valence-corrected chi connectivity index (χ3v) is 2.40. The zero-order valence-electron chi connectivity index (χ0n) is 9.06. The van der Waals surface area contributed by atoms with Crippen LogP contribution in [0.1, 0.15) is 37.0 Å². The van der Waals surface area contributed by atoms with Crippen LogP contribution in [0.3, 0.4) is 0 Å². The number of thiol groups is 1. The standard InChI is InChI=1S/C12H16O2S/c1-3-4-9(2)14-12(13)10-5-7-11(15)8-6-10/h5-9,15H,3-4H2,1-2H3. The van der Waals surface area contributed by atoms with Crippen molar-refractivity contribution >= 4 is 18.6 Å². The van der Waals surface area contributed by atoms with Crippen molar-refractivity contribution in [3.63, 3.8) is 0 Å². The molecule has 0 fully saturated rings. The van der Waals surface area contributed by atoms with Crippen LogP contribution in [-0.4, -0.2) is 12.1 Å². The van der Waals surface area contributed by atoms with Gasteiger partial charge in [0.1, 0.15) is 0 Å². The van der Waals surface area contributed by atoms with E-state index >= 15 is 0 Å². The second-order valence-corrected chi connectivity index (χ2v) is 4.07. The monoisotopic (exact) mass is 224 g/mol. The summed E-state index contributed by atoms with van der Waals surface area (Å²) in [5, 5.41) is 0. The van der Waals surface area contributed by atoms with Gasteiger partial charge in [-0.2, -0.15) is 0 Å². The van der Waals surface area contributed by atoms with Crippen LogP contribution in [-0.2, 0) is 4.74 Å². The van der Waals surface area contributed by atoms with Crippen LogP contribution in [0.4, 0.5) is 0 Å². The first-order valence-corrected chi connectivity index (χ1v) is 5.58. The predicted molar refractivity (Wildman–Crippen MR) is 63.5 cm³/mol. The Morgan fingerprint density at radius 2 is 2.00 bits per heavy atom. The first kappa shape index (κ1) is 12.1. The molecule has 0 aromatic heterocycles. The van der Waals surface area contributed by atoms with Gasteiger partial charge in [0.05, 0.1) is 11.7 Å². The van der Waals surface area contributed by atoms with Crippen molar-refractivity contribution in [2.75, 3.05) is 0 Å². The van der Waals surface area contributed by atoms with E-state index in [9.17, 15) is 4.79 Å². The summed E-state index contributed by atoms with van der Waals surface area (Å²) in [5.74, 6) is -0.260. The van der Waals surface area contributed by atoms with Crippen LogP contribution in [0.25, 0.3) is 0 Å². The summed E-state index contributed by atoms with van der Waals surface area (Å²) in [7, 11) is 0. The van der Waals surface area contributed by atoms with Crippen LogP contribution in [0.15, 0.2) is 29.2 Å². The quantitative estimate of drug-likeness (QED) is 0.627. The van der Waals surface area contributed by atoms with E-state index in [1.807, 2.05) is 6.92 Å². The van der Waals surface area contributed by atoms with Crippen LogP contribution in [0.2, 0.25) is 0 Å². The molecular formula is C12H16O2S. The molecule has 0 N–H and O–H groups in total. The lowest BCUT2D eigenvalue weighted by molar-refractivity contribution is 0.0323. The molecule has 0 bridgehead atoms. The topological polar surface area (TPSA) is 26.3 Å². The maximum Gasteiger partial charge on any atom is 0.338 e. The largest absolute Gasteiger partial charge is 0.459 e. The molecule has 15 heavy (non-hydrogen) atoms. The van der Waals surface area contributed by atoms with Gasteiger partial charge >= 0.3 is 5.97 Å². The Morgan fingerprint density at radius 1 is 1.40 bits per heavy atom. The van der Waals surface area contributed by atoms with Gasteiger partial charge < -0.3 is 4.74 Å². The van der Waals surface area contributed by atoms with E-state index in [0.717, 1.165) is 17.7 Å². The van der Waals surface area contributed by atoms with Crippen LogP contribution < -0.4 is 0 Å². The lowest BCUT2D eigenvalue weighted by atomic mass is 10.2. The van der Waals surface area contributed by atoms with Crippen molar-refractivity contribution in [2.45, 2.75) is 37.7 Å². The first-order valence-electron chi connectivity index (χ1n) is 5.13. The third kappa shape index (κ3) is 3.96. The van der Waals surface area contributed by atoms with E-state index in [0.29, 0.717) is 5.56 Å². The van der Waals surface area contributed by atoms with Crippen molar-refractivity contribution in [3.05, 3.63) is 29.8 Å². The third-order valence-electron chi connectivity index (χ3n) is 2.11. The minimum Gasteiger partial charge on any atom is -0.459 e. The van der Waals surface area contributed by atoms with Gasteiger partial charge in [0.2, 0.25) is 0 Å². The molecule has 0 heterocycles. The number of hydrogen-bond acceptors (Lipinski definition) is 3. The zero-order valence-corrected chi connectivity index (χ0v) is 9.96. The zero-order chi connectivity index (χ0) is 11.3. The fourth-order valence-electron chi connectivity index (χ4n) is 1.31. The SMILES string of the molecule is CCCC(C)OC(=O)c1ccc(S)cc1. The molecule has 1 aromatic carbocycles. The molecule has 0 amide bonds. The Bertz CT molecular complexity index is 319. The highest BCUT2D eigenvalue weighted by Crippen LogP contribution is 2.11. The smallest absolute Gasteiger partial charge is 0.338 e. The first-order chi connectivity index (χ1) is 7.13. The molecule has 0 aliphatic carbocycles. The molecule has 0 saturated carbocycles. The van der Waals surface area contributed by atoms with Crippen molar-refractivity contribution in [1.82, 2.24) is 0 Å². The van der Waals surface area contributed by atoms with E-state index in [2.05, 4.69) is 19.6 Å². The van der Waals surface area contributed by atoms with Gasteiger partial charge in [-0.25, -0.2) is 4.79 Å². The van der Waals surface area contributed by atoms with Gasteiger partial charge in [-0.3, -0.25) is 0 Å². The Hall–Kier alpha value is -0.960. The normalized spacial score (nSPS) is 12.2. The molecule has 0 aliphatic rings. The number of carbonyl (C=O) groups is 1. The highest BCUT2D eigenvalue weighted by Gasteiger charge is 2.10. The molecule has 3 heteroatoms. The minimum atomic E-state index is -0.260. The summed E-state index contributed by atoms with van der Waals surface area (Å²) in [6, 6.07) is 7.01. The molecule has 0 spiro atoms. The molecular weight excluding hydrogens is 208 g/mol. The number of rotatable bonds is 4. The molecule has 1 aromatic rings. The summed E-state index contributed by atoms with van der Waals surface area (Å²) in [6.45, 7) is 3.98.